The Hall–Kier alpha value is -4.14. The van der Waals surface area contributed by atoms with E-state index in [-0.39, 0.29) is 11.9 Å². The van der Waals surface area contributed by atoms with E-state index in [4.69, 9.17) is 5.10 Å². The van der Waals surface area contributed by atoms with Gasteiger partial charge >= 0.3 is 0 Å². The van der Waals surface area contributed by atoms with E-state index in [1.165, 1.54) is 0 Å². The van der Waals surface area contributed by atoms with Crippen molar-refractivity contribution in [3.8, 4) is 0 Å². The van der Waals surface area contributed by atoms with Gasteiger partial charge in [-0.15, -0.1) is 0 Å². The fourth-order valence-electron chi connectivity index (χ4n) is 4.66. The Kier molecular flexibility index (Phi) is 4.26. The van der Waals surface area contributed by atoms with Crippen molar-refractivity contribution in [2.45, 2.75) is 19.4 Å². The molecule has 0 aromatic carbocycles. The van der Waals surface area contributed by atoms with Crippen molar-refractivity contribution in [2.24, 2.45) is 0 Å². The average molecular weight is 441 g/mol. The Bertz CT molecular complexity index is 1510. The fraction of sp³-hybridized carbons (Fsp3) is 0.250. The van der Waals surface area contributed by atoms with Gasteiger partial charge in [-0.25, -0.2) is 14.0 Å². The molecule has 0 saturated heterocycles. The molecular weight excluding hydrogens is 416 g/mol. The molecule has 33 heavy (non-hydrogen) atoms. The van der Waals surface area contributed by atoms with Gasteiger partial charge in [0.25, 0.3) is 5.91 Å². The average Bonchev–Trinajstić information content (AvgIpc) is 3.55. The highest BCUT2D eigenvalue weighted by Gasteiger charge is 2.37. The summed E-state index contributed by atoms with van der Waals surface area (Å²) in [5, 5.41) is 9.32. The lowest BCUT2D eigenvalue weighted by Gasteiger charge is -2.33. The molecule has 6 rings (SSSR count). The molecule has 0 unspecified atom stereocenters. The minimum Gasteiger partial charge on any atom is -0.376 e. The number of imidazole rings is 1. The second kappa shape index (κ2) is 7.19. The molecule has 0 bridgehead atoms. The molecule has 5 aromatic heterocycles. The van der Waals surface area contributed by atoms with Gasteiger partial charge in [-0.1, -0.05) is 6.07 Å². The maximum atomic E-state index is 13.9. The summed E-state index contributed by atoms with van der Waals surface area (Å²) < 4.78 is 3.67. The van der Waals surface area contributed by atoms with E-state index in [1.807, 2.05) is 77.9 Å². The van der Waals surface area contributed by atoms with E-state index in [9.17, 15) is 4.79 Å². The van der Waals surface area contributed by atoms with Crippen LogP contribution in [-0.2, 0) is 6.42 Å². The molecule has 1 N–H and O–H groups in total. The molecule has 0 radical (unpaired) electrons. The number of pyridine rings is 2. The second-order valence-electron chi connectivity index (χ2n) is 8.66. The first-order valence-electron chi connectivity index (χ1n) is 10.9. The normalized spacial score (nSPS) is 15.8. The van der Waals surface area contributed by atoms with Gasteiger partial charge in [0, 0.05) is 38.4 Å². The third-order valence-electron chi connectivity index (χ3n) is 6.41. The van der Waals surface area contributed by atoms with E-state index < -0.39 is 0 Å². The summed E-state index contributed by atoms with van der Waals surface area (Å²) in [6.45, 7) is 2.59. The summed E-state index contributed by atoms with van der Waals surface area (Å²) >= 11 is 0. The van der Waals surface area contributed by atoms with Crippen LogP contribution in [0.1, 0.15) is 39.2 Å². The highest BCUT2D eigenvalue weighted by molar-refractivity contribution is 6.01. The van der Waals surface area contributed by atoms with Gasteiger partial charge in [-0.2, -0.15) is 10.2 Å². The van der Waals surface area contributed by atoms with Crippen LogP contribution in [0.5, 0.6) is 0 Å². The Balaban J connectivity index is 1.46. The monoisotopic (exact) mass is 440 g/mol. The van der Waals surface area contributed by atoms with Gasteiger partial charge < -0.3 is 14.8 Å². The van der Waals surface area contributed by atoms with Gasteiger partial charge in [0.1, 0.15) is 6.04 Å². The molecule has 5 aromatic rings. The maximum absolute atomic E-state index is 13.9. The van der Waals surface area contributed by atoms with E-state index in [0.29, 0.717) is 18.5 Å². The van der Waals surface area contributed by atoms with E-state index in [0.717, 1.165) is 39.5 Å². The molecule has 0 aliphatic carbocycles. The molecule has 0 spiro atoms. The molecule has 0 fully saturated rings. The van der Waals surface area contributed by atoms with Crippen LogP contribution in [-0.4, -0.2) is 60.6 Å². The Labute approximate surface area is 190 Å². The first-order valence-corrected chi connectivity index (χ1v) is 10.9. The molecule has 0 saturated carbocycles. The minimum atomic E-state index is -0.372. The molecule has 6 heterocycles. The summed E-state index contributed by atoms with van der Waals surface area (Å²) in [7, 11) is 3.96. The zero-order valence-corrected chi connectivity index (χ0v) is 18.7. The van der Waals surface area contributed by atoms with Gasteiger partial charge in [0.15, 0.2) is 0 Å². The molecule has 9 nitrogen and oxygen atoms in total. The predicted molar refractivity (Wildman–Crippen MR) is 125 cm³/mol. The third-order valence-corrected chi connectivity index (χ3v) is 6.41. The standard InChI is InChI=1S/C24H24N8O/c1-15-5-4-6-16-11-20(28-32(15)16)23-22-19(25-14-26-22)9-10-30(23)24(33)18-12-27-31-13-17(29(2)3)7-8-21(18)31/h4-8,11-14,23H,9-10H2,1-3H3,(H,25,26)/t23-/m0/s1. The Morgan fingerprint density at radius 2 is 2.09 bits per heavy atom. The van der Waals surface area contributed by atoms with Crippen molar-refractivity contribution >= 4 is 22.6 Å². The molecule has 166 valence electrons. The number of aryl methyl sites for hydroxylation is 1. The first kappa shape index (κ1) is 19.5. The Morgan fingerprint density at radius 3 is 2.91 bits per heavy atom. The van der Waals surface area contributed by atoms with Gasteiger partial charge in [-0.05, 0) is 37.3 Å². The smallest absolute Gasteiger partial charge is 0.258 e. The summed E-state index contributed by atoms with van der Waals surface area (Å²) in [5.41, 5.74) is 7.10. The number of hydrogen-bond donors (Lipinski definition) is 1. The van der Waals surface area contributed by atoms with Crippen LogP contribution in [0.3, 0.4) is 0 Å². The number of H-pyrrole nitrogens is 1. The van der Waals surface area contributed by atoms with Crippen LogP contribution in [0.2, 0.25) is 0 Å². The van der Waals surface area contributed by atoms with Crippen LogP contribution >= 0.6 is 0 Å². The SMILES string of the molecule is Cc1cccc2cc([C@H]3c4nc[nH]c4CCN3C(=O)c3cnn4cc(N(C)C)ccc34)nn12. The van der Waals surface area contributed by atoms with Gasteiger partial charge in [0.2, 0.25) is 0 Å². The lowest BCUT2D eigenvalue weighted by atomic mass is 9.98. The zero-order valence-electron chi connectivity index (χ0n) is 18.7. The topological polar surface area (TPSA) is 86.8 Å². The molecule has 1 amide bonds. The number of hydrogen-bond acceptors (Lipinski definition) is 5. The van der Waals surface area contributed by atoms with Crippen molar-refractivity contribution in [3.63, 3.8) is 0 Å². The van der Waals surface area contributed by atoms with Crippen molar-refractivity contribution in [2.75, 3.05) is 25.5 Å². The zero-order chi connectivity index (χ0) is 22.7. The summed E-state index contributed by atoms with van der Waals surface area (Å²) in [4.78, 5) is 25.6. The maximum Gasteiger partial charge on any atom is 0.258 e. The number of anilines is 1. The molecule has 1 aliphatic heterocycles. The number of carbonyl (C=O) groups is 1. The Morgan fingerprint density at radius 1 is 1.21 bits per heavy atom. The van der Waals surface area contributed by atoms with Crippen molar-refractivity contribution < 1.29 is 4.79 Å². The van der Waals surface area contributed by atoms with Crippen molar-refractivity contribution in [1.29, 1.82) is 0 Å². The number of fused-ring (bicyclic) bond motifs is 3. The summed E-state index contributed by atoms with van der Waals surface area (Å²) in [6.07, 6.45) is 6.00. The van der Waals surface area contributed by atoms with Crippen LogP contribution in [0, 0.1) is 6.92 Å². The fourth-order valence-corrected chi connectivity index (χ4v) is 4.66. The number of carbonyl (C=O) groups excluding carboxylic acids is 1. The highest BCUT2D eigenvalue weighted by Crippen LogP contribution is 2.35. The number of aromatic amines is 1. The lowest BCUT2D eigenvalue weighted by molar-refractivity contribution is 0.0689. The summed E-state index contributed by atoms with van der Waals surface area (Å²) in [5.74, 6) is -0.0740. The molecular formula is C24H24N8O. The number of amides is 1. The largest absolute Gasteiger partial charge is 0.376 e. The van der Waals surface area contributed by atoms with Crippen molar-refractivity contribution in [3.05, 3.63) is 83.5 Å². The van der Waals surface area contributed by atoms with E-state index in [1.54, 1.807) is 17.0 Å². The van der Waals surface area contributed by atoms with E-state index in [2.05, 4.69) is 15.1 Å². The number of nitrogens with zero attached hydrogens (tertiary/aromatic N) is 7. The van der Waals surface area contributed by atoms with Gasteiger partial charge in [0.05, 0.1) is 52.4 Å². The van der Waals surface area contributed by atoms with Crippen LogP contribution in [0.15, 0.2) is 55.1 Å². The number of aromatic nitrogens is 6. The predicted octanol–water partition coefficient (Wildman–Crippen LogP) is 2.87. The van der Waals surface area contributed by atoms with Crippen LogP contribution in [0.4, 0.5) is 5.69 Å². The van der Waals surface area contributed by atoms with E-state index >= 15 is 0 Å². The molecule has 9 heteroatoms. The molecule has 1 atom stereocenters. The first-order chi connectivity index (χ1) is 16.0. The van der Waals surface area contributed by atoms with Crippen LogP contribution < -0.4 is 4.90 Å². The molecule has 1 aliphatic rings. The van der Waals surface area contributed by atoms with Crippen LogP contribution in [0.25, 0.3) is 11.0 Å². The minimum absolute atomic E-state index is 0.0740. The number of nitrogens with one attached hydrogen (secondary N) is 1. The number of rotatable bonds is 3. The summed E-state index contributed by atoms with van der Waals surface area (Å²) in [6, 6.07) is 11.7. The highest BCUT2D eigenvalue weighted by atomic mass is 16.2. The third kappa shape index (κ3) is 3.00. The quantitative estimate of drug-likeness (QED) is 0.466. The second-order valence-corrected chi connectivity index (χ2v) is 8.66. The van der Waals surface area contributed by atoms with Crippen molar-refractivity contribution in [1.82, 2.24) is 34.1 Å². The lowest BCUT2D eigenvalue weighted by Crippen LogP contribution is -2.41. The van der Waals surface area contributed by atoms with Gasteiger partial charge in [-0.3, -0.25) is 4.79 Å².